The summed E-state index contributed by atoms with van der Waals surface area (Å²) >= 11 is 9.03. The van der Waals surface area contributed by atoms with E-state index in [0.29, 0.717) is 27.0 Å². The molecule has 0 saturated heterocycles. The number of rotatable bonds is 2. The van der Waals surface area contributed by atoms with Crippen molar-refractivity contribution in [3.8, 4) is 5.69 Å². The SMILES string of the molecule is Cc1ccc(-n2c(CCl)nc3cc(Br)c(F)cc32)c(F)c1. The van der Waals surface area contributed by atoms with Crippen LogP contribution >= 0.6 is 27.5 Å². The lowest BCUT2D eigenvalue weighted by molar-refractivity contribution is 0.614. The number of aryl methyl sites for hydroxylation is 1. The summed E-state index contributed by atoms with van der Waals surface area (Å²) in [4.78, 5) is 4.34. The van der Waals surface area contributed by atoms with Crippen LogP contribution in [0.4, 0.5) is 8.78 Å². The van der Waals surface area contributed by atoms with E-state index in [2.05, 4.69) is 20.9 Å². The van der Waals surface area contributed by atoms with Crippen molar-refractivity contribution in [2.75, 3.05) is 0 Å². The fourth-order valence-corrected chi connectivity index (χ4v) is 2.78. The Hall–Kier alpha value is -1.46. The molecule has 0 aliphatic rings. The average Bonchev–Trinajstić information content (AvgIpc) is 2.77. The smallest absolute Gasteiger partial charge is 0.147 e. The summed E-state index contributed by atoms with van der Waals surface area (Å²) in [6, 6.07) is 7.73. The van der Waals surface area contributed by atoms with Gasteiger partial charge in [0.15, 0.2) is 0 Å². The third kappa shape index (κ3) is 2.45. The lowest BCUT2D eigenvalue weighted by Crippen LogP contribution is -2.02. The average molecular weight is 372 g/mol. The van der Waals surface area contributed by atoms with Gasteiger partial charge in [0.25, 0.3) is 0 Å². The molecule has 0 saturated carbocycles. The standard InChI is InChI=1S/C15H10BrClF2N2/c1-8-2-3-13(11(19)4-8)21-14-6-10(18)9(16)5-12(14)20-15(21)7-17/h2-6H,7H2,1H3. The van der Waals surface area contributed by atoms with Crippen molar-refractivity contribution < 1.29 is 8.78 Å². The molecule has 0 bridgehead atoms. The second-order valence-electron chi connectivity index (χ2n) is 4.71. The van der Waals surface area contributed by atoms with E-state index < -0.39 is 11.6 Å². The number of halogens is 4. The number of fused-ring (bicyclic) bond motifs is 1. The Labute approximate surface area is 133 Å². The van der Waals surface area contributed by atoms with Crippen LogP contribution in [-0.2, 0) is 5.88 Å². The van der Waals surface area contributed by atoms with Gasteiger partial charge in [-0.2, -0.15) is 0 Å². The zero-order valence-electron chi connectivity index (χ0n) is 11.0. The molecule has 0 amide bonds. The van der Waals surface area contributed by atoms with Crippen LogP contribution in [-0.4, -0.2) is 9.55 Å². The van der Waals surface area contributed by atoms with Crippen LogP contribution in [0.5, 0.6) is 0 Å². The summed E-state index contributed by atoms with van der Waals surface area (Å²) in [6.07, 6.45) is 0. The number of hydrogen-bond acceptors (Lipinski definition) is 1. The monoisotopic (exact) mass is 370 g/mol. The van der Waals surface area contributed by atoms with Crippen LogP contribution in [0, 0.1) is 18.6 Å². The van der Waals surface area contributed by atoms with Crippen molar-refractivity contribution in [1.82, 2.24) is 9.55 Å². The summed E-state index contributed by atoms with van der Waals surface area (Å²) in [5.41, 5.74) is 2.15. The topological polar surface area (TPSA) is 17.8 Å². The van der Waals surface area contributed by atoms with Gasteiger partial charge < -0.3 is 0 Å². The van der Waals surface area contributed by atoms with E-state index in [-0.39, 0.29) is 5.88 Å². The number of benzene rings is 2. The molecule has 6 heteroatoms. The minimum Gasteiger partial charge on any atom is -0.292 e. The first-order chi connectivity index (χ1) is 10.0. The first-order valence-corrected chi connectivity index (χ1v) is 7.53. The molecule has 108 valence electrons. The predicted molar refractivity (Wildman–Crippen MR) is 83.0 cm³/mol. The van der Waals surface area contributed by atoms with Gasteiger partial charge in [0.05, 0.1) is 27.1 Å². The lowest BCUT2D eigenvalue weighted by atomic mass is 10.2. The van der Waals surface area contributed by atoms with Crippen molar-refractivity contribution >= 4 is 38.6 Å². The normalized spacial score (nSPS) is 11.3. The van der Waals surface area contributed by atoms with E-state index in [1.165, 1.54) is 12.1 Å². The number of nitrogens with zero attached hydrogens (tertiary/aromatic N) is 2. The quantitative estimate of drug-likeness (QED) is 0.572. The molecule has 3 rings (SSSR count). The number of hydrogen-bond donors (Lipinski definition) is 0. The van der Waals surface area contributed by atoms with Crippen LogP contribution in [0.3, 0.4) is 0 Å². The van der Waals surface area contributed by atoms with Crippen molar-refractivity contribution in [2.24, 2.45) is 0 Å². The summed E-state index contributed by atoms with van der Waals surface area (Å²) in [5.74, 6) is -0.269. The van der Waals surface area contributed by atoms with Gasteiger partial charge in [-0.3, -0.25) is 4.57 Å². The highest BCUT2D eigenvalue weighted by molar-refractivity contribution is 9.10. The molecule has 2 aromatic carbocycles. The highest BCUT2D eigenvalue weighted by atomic mass is 79.9. The van der Waals surface area contributed by atoms with E-state index in [4.69, 9.17) is 11.6 Å². The van der Waals surface area contributed by atoms with E-state index >= 15 is 0 Å². The van der Waals surface area contributed by atoms with Crippen molar-refractivity contribution in [3.05, 3.63) is 57.8 Å². The molecule has 0 atom stereocenters. The lowest BCUT2D eigenvalue weighted by Gasteiger charge is -2.10. The van der Waals surface area contributed by atoms with Crippen molar-refractivity contribution in [3.63, 3.8) is 0 Å². The van der Waals surface area contributed by atoms with Crippen LogP contribution < -0.4 is 0 Å². The van der Waals surface area contributed by atoms with Gasteiger partial charge in [-0.1, -0.05) is 6.07 Å². The second kappa shape index (κ2) is 5.39. The maximum atomic E-state index is 14.2. The fraction of sp³-hybridized carbons (Fsp3) is 0.133. The third-order valence-electron chi connectivity index (χ3n) is 3.23. The molecule has 0 radical (unpaired) electrons. The van der Waals surface area contributed by atoms with Crippen LogP contribution in [0.15, 0.2) is 34.8 Å². The van der Waals surface area contributed by atoms with E-state index in [1.807, 2.05) is 0 Å². The molecule has 3 aromatic rings. The highest BCUT2D eigenvalue weighted by Gasteiger charge is 2.16. The van der Waals surface area contributed by atoms with Gasteiger partial charge in [0.2, 0.25) is 0 Å². The Bertz CT molecular complexity index is 845. The molecule has 1 aromatic heterocycles. The summed E-state index contributed by atoms with van der Waals surface area (Å²) in [5, 5.41) is 0. The first kappa shape index (κ1) is 14.5. The van der Waals surface area contributed by atoms with Crippen LogP contribution in [0.25, 0.3) is 16.7 Å². The number of aromatic nitrogens is 2. The van der Waals surface area contributed by atoms with Gasteiger partial charge in [-0.05, 0) is 46.6 Å². The van der Waals surface area contributed by atoms with Crippen molar-refractivity contribution in [1.29, 1.82) is 0 Å². The Kier molecular flexibility index (Phi) is 3.71. The molecule has 0 N–H and O–H groups in total. The number of imidazole rings is 1. The zero-order chi connectivity index (χ0) is 15.1. The summed E-state index contributed by atoms with van der Waals surface area (Å²) in [6.45, 7) is 1.80. The fourth-order valence-electron chi connectivity index (χ4n) is 2.27. The Morgan fingerprint density at radius 1 is 1.19 bits per heavy atom. The van der Waals surface area contributed by atoms with Crippen LogP contribution in [0.2, 0.25) is 0 Å². The molecule has 2 nitrogen and oxygen atoms in total. The third-order valence-corrected chi connectivity index (χ3v) is 4.08. The van der Waals surface area contributed by atoms with E-state index in [1.54, 1.807) is 29.7 Å². The molecule has 0 unspecified atom stereocenters. The Balaban J connectivity index is 2.37. The molecule has 21 heavy (non-hydrogen) atoms. The zero-order valence-corrected chi connectivity index (χ0v) is 13.3. The van der Waals surface area contributed by atoms with E-state index in [9.17, 15) is 8.78 Å². The molecule has 0 fully saturated rings. The van der Waals surface area contributed by atoms with Gasteiger partial charge in [0.1, 0.15) is 17.5 Å². The summed E-state index contributed by atoms with van der Waals surface area (Å²) in [7, 11) is 0. The predicted octanol–water partition coefficient (Wildman–Crippen LogP) is 5.11. The van der Waals surface area contributed by atoms with Crippen LogP contribution in [0.1, 0.15) is 11.4 Å². The molecule has 0 aliphatic heterocycles. The molecule has 1 heterocycles. The number of alkyl halides is 1. The van der Waals surface area contributed by atoms with Gasteiger partial charge >= 0.3 is 0 Å². The Morgan fingerprint density at radius 3 is 2.62 bits per heavy atom. The molecule has 0 aliphatic carbocycles. The first-order valence-electron chi connectivity index (χ1n) is 6.20. The largest absolute Gasteiger partial charge is 0.292 e. The second-order valence-corrected chi connectivity index (χ2v) is 5.83. The van der Waals surface area contributed by atoms with Gasteiger partial charge in [0, 0.05) is 6.07 Å². The molecular weight excluding hydrogens is 362 g/mol. The van der Waals surface area contributed by atoms with Gasteiger partial charge in [-0.15, -0.1) is 11.6 Å². The molecule has 0 spiro atoms. The summed E-state index contributed by atoms with van der Waals surface area (Å²) < 4.78 is 29.9. The maximum absolute atomic E-state index is 14.2. The van der Waals surface area contributed by atoms with E-state index in [0.717, 1.165) is 5.56 Å². The van der Waals surface area contributed by atoms with Crippen molar-refractivity contribution in [2.45, 2.75) is 12.8 Å². The maximum Gasteiger partial charge on any atom is 0.147 e. The molecular formula is C15H10BrClF2N2. The minimum atomic E-state index is -0.433. The minimum absolute atomic E-state index is 0.0984. The Morgan fingerprint density at radius 2 is 1.95 bits per heavy atom. The highest BCUT2D eigenvalue weighted by Crippen LogP contribution is 2.28. The van der Waals surface area contributed by atoms with Gasteiger partial charge in [-0.25, -0.2) is 13.8 Å².